The van der Waals surface area contributed by atoms with Gasteiger partial charge in [-0.25, -0.2) is 4.79 Å². The van der Waals surface area contributed by atoms with Crippen LogP contribution in [0, 0.1) is 10.1 Å². The van der Waals surface area contributed by atoms with Gasteiger partial charge in [-0.3, -0.25) is 10.1 Å². The van der Waals surface area contributed by atoms with Crippen LogP contribution in [-0.4, -0.2) is 53.7 Å². The molecule has 76 valence electrons. The molecule has 5 nitrogen and oxygen atoms in total. The first-order valence-corrected chi connectivity index (χ1v) is 3.75. The van der Waals surface area contributed by atoms with Crippen LogP contribution < -0.4 is 0 Å². The van der Waals surface area contributed by atoms with Gasteiger partial charge < -0.3 is 5.11 Å². The second-order valence-electron chi connectivity index (χ2n) is 2.50. The number of carbonyl (C=O) groups is 1. The third kappa shape index (κ3) is 4.42. The van der Waals surface area contributed by atoms with E-state index in [1.807, 2.05) is 0 Å². The van der Waals surface area contributed by atoms with Crippen molar-refractivity contribution in [3.8, 4) is 0 Å². The summed E-state index contributed by atoms with van der Waals surface area (Å²) in [5.74, 6) is -1.54. The van der Waals surface area contributed by atoms with E-state index in [2.05, 4.69) is 0 Å². The van der Waals surface area contributed by atoms with E-state index in [-0.39, 0.29) is 37.7 Å². The molecule has 0 aliphatic rings. The van der Waals surface area contributed by atoms with Crippen LogP contribution in [0.25, 0.3) is 6.08 Å². The van der Waals surface area contributed by atoms with Gasteiger partial charge in [0.25, 0.3) is 0 Å². The van der Waals surface area contributed by atoms with E-state index in [0.717, 1.165) is 6.08 Å². The van der Waals surface area contributed by atoms with Gasteiger partial charge in [-0.1, -0.05) is 30.3 Å². The van der Waals surface area contributed by atoms with Crippen molar-refractivity contribution in [3.63, 3.8) is 0 Å². The summed E-state index contributed by atoms with van der Waals surface area (Å²) in [7, 11) is 0. The molecule has 0 aliphatic carbocycles. The fourth-order valence-corrected chi connectivity index (χ4v) is 0.900. The molecular formula is C9H9CaNO4. The summed E-state index contributed by atoms with van der Waals surface area (Å²) in [6, 6.07) is 8.26. The number of hydrogen-bond donors (Lipinski definition) is 1. The van der Waals surface area contributed by atoms with E-state index in [1.54, 1.807) is 30.3 Å². The summed E-state index contributed by atoms with van der Waals surface area (Å²) in [6.07, 6.45) is 1.02. The third-order valence-corrected chi connectivity index (χ3v) is 1.52. The zero-order valence-corrected chi connectivity index (χ0v) is 7.08. The Morgan fingerprint density at radius 2 is 1.87 bits per heavy atom. The molecule has 1 N–H and O–H groups in total. The van der Waals surface area contributed by atoms with Crippen LogP contribution in [0.2, 0.25) is 0 Å². The van der Waals surface area contributed by atoms with Gasteiger partial charge in [0, 0.05) is 6.08 Å². The number of aliphatic carboxylic acids is 1. The fourth-order valence-electron chi connectivity index (χ4n) is 0.900. The number of benzene rings is 1. The summed E-state index contributed by atoms with van der Waals surface area (Å²) in [4.78, 5) is 19.8. The van der Waals surface area contributed by atoms with Crippen molar-refractivity contribution in [1.82, 2.24) is 0 Å². The van der Waals surface area contributed by atoms with Crippen molar-refractivity contribution in [1.29, 1.82) is 0 Å². The van der Waals surface area contributed by atoms with Crippen LogP contribution in [0.3, 0.4) is 0 Å². The summed E-state index contributed by atoms with van der Waals surface area (Å²) in [5, 5.41) is 18.8. The SMILES string of the molecule is O=C(O)C(=Cc1ccccc1)[N+](=O)[O-].[CaH2]. The zero-order chi connectivity index (χ0) is 10.6. The maximum absolute atomic E-state index is 10.4. The molecule has 0 aliphatic heterocycles. The van der Waals surface area contributed by atoms with Gasteiger partial charge in [0.05, 0.1) is 4.92 Å². The average Bonchev–Trinajstić information content (AvgIpc) is 2.15. The first-order valence-electron chi connectivity index (χ1n) is 3.75. The number of carboxylic acid groups (broad SMARTS) is 1. The number of carboxylic acids is 1. The van der Waals surface area contributed by atoms with Gasteiger partial charge in [0.1, 0.15) is 0 Å². The van der Waals surface area contributed by atoms with Crippen LogP contribution in [0.15, 0.2) is 36.0 Å². The Morgan fingerprint density at radius 3 is 2.27 bits per heavy atom. The van der Waals surface area contributed by atoms with Crippen molar-refractivity contribution in [2.75, 3.05) is 0 Å². The minimum atomic E-state index is -1.54. The van der Waals surface area contributed by atoms with E-state index in [1.165, 1.54) is 0 Å². The fraction of sp³-hybridized carbons (Fsp3) is 0. The van der Waals surface area contributed by atoms with Crippen LogP contribution in [0.4, 0.5) is 0 Å². The second-order valence-corrected chi connectivity index (χ2v) is 2.50. The number of nitro groups is 1. The molecule has 1 aromatic carbocycles. The molecule has 0 spiro atoms. The van der Waals surface area contributed by atoms with Gasteiger partial charge in [0.2, 0.25) is 0 Å². The number of nitrogens with zero attached hydrogens (tertiary/aromatic N) is 1. The Kier molecular flexibility index (Phi) is 6.15. The molecule has 0 atom stereocenters. The van der Waals surface area contributed by atoms with E-state index < -0.39 is 16.6 Å². The Bertz CT molecular complexity index is 372. The van der Waals surface area contributed by atoms with Gasteiger partial charge >= 0.3 is 49.4 Å². The molecule has 1 aromatic rings. The standard InChI is InChI=1S/C9H7NO4.Ca.2H/c11-9(12)8(10(13)14)6-7-4-2-1-3-5-7;;;/h1-6H,(H,11,12);;;. The van der Waals surface area contributed by atoms with Crippen LogP contribution >= 0.6 is 0 Å². The molecule has 0 saturated heterocycles. The monoisotopic (exact) mass is 235 g/mol. The summed E-state index contributed by atoms with van der Waals surface area (Å²) >= 11 is 0. The van der Waals surface area contributed by atoms with E-state index in [0.29, 0.717) is 5.56 Å². The Labute approximate surface area is 116 Å². The van der Waals surface area contributed by atoms with E-state index >= 15 is 0 Å². The predicted octanol–water partition coefficient (Wildman–Crippen LogP) is 0.473. The molecule has 15 heavy (non-hydrogen) atoms. The minimum absolute atomic E-state index is 0. The average molecular weight is 235 g/mol. The van der Waals surface area contributed by atoms with E-state index in [4.69, 9.17) is 5.11 Å². The number of rotatable bonds is 3. The van der Waals surface area contributed by atoms with Crippen molar-refractivity contribution in [3.05, 3.63) is 51.7 Å². The third-order valence-electron chi connectivity index (χ3n) is 1.52. The summed E-state index contributed by atoms with van der Waals surface area (Å²) in [5.41, 5.74) is -0.349. The Hall–Kier alpha value is -0.910. The molecule has 1 rings (SSSR count). The molecule has 6 heteroatoms. The summed E-state index contributed by atoms with van der Waals surface area (Å²) in [6.45, 7) is 0. The normalized spacial score (nSPS) is 10.3. The van der Waals surface area contributed by atoms with Gasteiger partial charge in [-0.05, 0) is 5.56 Å². The predicted molar refractivity (Wildman–Crippen MR) is 57.6 cm³/mol. The number of hydrogen-bond acceptors (Lipinski definition) is 3. The molecule has 0 radical (unpaired) electrons. The van der Waals surface area contributed by atoms with Crippen molar-refractivity contribution < 1.29 is 14.8 Å². The maximum atomic E-state index is 10.4. The van der Waals surface area contributed by atoms with Gasteiger partial charge in [-0.15, -0.1) is 0 Å². The second kappa shape index (κ2) is 6.55. The molecule has 0 amide bonds. The van der Waals surface area contributed by atoms with Crippen LogP contribution in [-0.2, 0) is 4.79 Å². The van der Waals surface area contributed by atoms with Crippen LogP contribution in [0.1, 0.15) is 5.56 Å². The first-order chi connectivity index (χ1) is 6.61. The molecule has 0 unspecified atom stereocenters. The summed E-state index contributed by atoms with van der Waals surface area (Å²) < 4.78 is 0. The quantitative estimate of drug-likeness (QED) is 0.357. The van der Waals surface area contributed by atoms with Gasteiger partial charge in [0.15, 0.2) is 0 Å². The van der Waals surface area contributed by atoms with Crippen molar-refractivity contribution >= 4 is 49.8 Å². The molecule has 0 saturated carbocycles. The molecule has 0 aromatic heterocycles. The topological polar surface area (TPSA) is 80.4 Å². The first kappa shape index (κ1) is 14.1. The molecular weight excluding hydrogens is 226 g/mol. The van der Waals surface area contributed by atoms with Crippen LogP contribution in [0.5, 0.6) is 0 Å². The molecule has 0 fully saturated rings. The van der Waals surface area contributed by atoms with Crippen molar-refractivity contribution in [2.45, 2.75) is 0 Å². The molecule has 0 bridgehead atoms. The molecule has 0 heterocycles. The van der Waals surface area contributed by atoms with Crippen molar-refractivity contribution in [2.24, 2.45) is 0 Å². The Morgan fingerprint density at radius 1 is 1.33 bits per heavy atom. The zero-order valence-electron chi connectivity index (χ0n) is 7.08. The van der Waals surface area contributed by atoms with Gasteiger partial charge in [-0.2, -0.15) is 0 Å². The Balaban J connectivity index is 0.00000196. The van der Waals surface area contributed by atoms with E-state index in [9.17, 15) is 14.9 Å².